The van der Waals surface area contributed by atoms with Crippen molar-refractivity contribution in [3.8, 4) is 0 Å². The van der Waals surface area contributed by atoms with Crippen molar-refractivity contribution in [3.05, 3.63) is 0 Å². The van der Waals surface area contributed by atoms with E-state index in [2.05, 4.69) is 41.5 Å². The average molecular weight is 933 g/mol. The van der Waals surface area contributed by atoms with Gasteiger partial charge in [-0.15, -0.1) is 0 Å². The summed E-state index contributed by atoms with van der Waals surface area (Å²) in [5, 5.41) is 32.6. The van der Waals surface area contributed by atoms with Crippen LogP contribution in [0.3, 0.4) is 0 Å². The Balaban J connectivity index is -0.000000259. The molecule has 0 bridgehead atoms. The van der Waals surface area contributed by atoms with Gasteiger partial charge >= 0.3 is 17.9 Å². The second-order valence-electron chi connectivity index (χ2n) is 19.7. The van der Waals surface area contributed by atoms with E-state index in [0.29, 0.717) is 19.3 Å². The minimum absolute atomic E-state index is 0. The van der Waals surface area contributed by atoms with E-state index >= 15 is 0 Å². The van der Waals surface area contributed by atoms with Gasteiger partial charge in [0.15, 0.2) is 0 Å². The van der Waals surface area contributed by atoms with Crippen molar-refractivity contribution in [2.24, 2.45) is 17.8 Å². The fourth-order valence-electron chi connectivity index (χ4n) is 7.79. The van der Waals surface area contributed by atoms with E-state index in [4.69, 9.17) is 20.4 Å². The van der Waals surface area contributed by atoms with Crippen LogP contribution >= 0.6 is 0 Å². The van der Waals surface area contributed by atoms with E-state index in [0.717, 1.165) is 63.4 Å². The summed E-state index contributed by atoms with van der Waals surface area (Å²) >= 11 is 0. The summed E-state index contributed by atoms with van der Waals surface area (Å²) in [6.45, 7) is 13.8. The first-order chi connectivity index (χ1) is 29.9. The van der Waals surface area contributed by atoms with Crippen LogP contribution in [0.25, 0.3) is 0 Å². The van der Waals surface area contributed by atoms with Gasteiger partial charge in [-0.2, -0.15) is 0 Å². The average Bonchev–Trinajstić information content (AvgIpc) is 3.21. The van der Waals surface area contributed by atoms with Crippen molar-refractivity contribution >= 4 is 17.9 Å². The molecule has 0 aliphatic heterocycles. The Morgan fingerprint density at radius 1 is 0.254 bits per heavy atom. The number of carboxylic acids is 3. The van der Waals surface area contributed by atoms with Crippen molar-refractivity contribution in [1.82, 2.24) is 0 Å². The smallest absolute Gasteiger partial charge is 0.303 e. The standard InChI is InChI=1S/3C18H36O2.CH4O.Ti/c3*1-17(2)15-13-11-9-7-5-3-4-6-8-10-12-14-16-18(19)20;1-2;/h3*17H,3-16H2,1-2H3,(H,19,20);2H,1H3;. The summed E-state index contributed by atoms with van der Waals surface area (Å²) < 4.78 is 0. The van der Waals surface area contributed by atoms with Crippen LogP contribution in [0.2, 0.25) is 0 Å². The summed E-state index contributed by atoms with van der Waals surface area (Å²) in [6, 6.07) is 0. The normalized spacial score (nSPS) is 10.7. The fourth-order valence-corrected chi connectivity index (χ4v) is 7.79. The Bertz CT molecular complexity index is 755. The van der Waals surface area contributed by atoms with Crippen molar-refractivity contribution in [3.63, 3.8) is 0 Å². The number of aliphatic hydroxyl groups excluding tert-OH is 1. The van der Waals surface area contributed by atoms with Gasteiger partial charge < -0.3 is 20.4 Å². The van der Waals surface area contributed by atoms with E-state index in [-0.39, 0.29) is 21.7 Å². The molecule has 0 aliphatic carbocycles. The maximum atomic E-state index is 10.3. The molecule has 0 atom stereocenters. The maximum absolute atomic E-state index is 10.3. The zero-order chi connectivity index (χ0) is 47.2. The van der Waals surface area contributed by atoms with E-state index in [9.17, 15) is 14.4 Å². The summed E-state index contributed by atoms with van der Waals surface area (Å²) in [7, 11) is 1.00. The van der Waals surface area contributed by atoms with Crippen molar-refractivity contribution in [2.75, 3.05) is 7.11 Å². The number of hydrogen-bond acceptors (Lipinski definition) is 4. The van der Waals surface area contributed by atoms with Crippen molar-refractivity contribution in [1.29, 1.82) is 0 Å². The van der Waals surface area contributed by atoms with Gasteiger partial charge in [-0.25, -0.2) is 0 Å². The molecule has 0 fully saturated rings. The Kier molecular flexibility index (Phi) is 71.3. The molecular weight excluding hydrogens is 820 g/mol. The van der Waals surface area contributed by atoms with E-state index < -0.39 is 17.9 Å². The Labute approximate surface area is 408 Å². The van der Waals surface area contributed by atoms with Gasteiger partial charge in [-0.3, -0.25) is 14.4 Å². The van der Waals surface area contributed by atoms with Crippen LogP contribution in [0.5, 0.6) is 0 Å². The van der Waals surface area contributed by atoms with Crippen LogP contribution in [0.4, 0.5) is 0 Å². The number of aliphatic hydroxyl groups is 1. The molecule has 7 nitrogen and oxygen atoms in total. The predicted molar refractivity (Wildman–Crippen MR) is 269 cm³/mol. The third-order valence-corrected chi connectivity index (χ3v) is 11.8. The van der Waals surface area contributed by atoms with E-state index in [1.807, 2.05) is 0 Å². The maximum Gasteiger partial charge on any atom is 0.303 e. The van der Waals surface area contributed by atoms with Crippen molar-refractivity contribution < 1.29 is 56.5 Å². The third kappa shape index (κ3) is 85.0. The van der Waals surface area contributed by atoms with Gasteiger partial charge in [0.25, 0.3) is 0 Å². The summed E-state index contributed by atoms with van der Waals surface area (Å²) in [4.78, 5) is 31.0. The SMILES string of the molecule is CC(C)CCCCCCCCCCCCCCC(=O)O.CC(C)CCCCCCCCCCCCCCC(=O)O.CC(C)CCCCCCCCCCCCCCC(=O)O.CO.[Ti]. The quantitative estimate of drug-likeness (QED) is 0.0353. The zero-order valence-electron chi connectivity index (χ0n) is 43.4. The van der Waals surface area contributed by atoms with Gasteiger partial charge in [0.1, 0.15) is 0 Å². The molecule has 0 unspecified atom stereocenters. The molecule has 4 N–H and O–H groups in total. The monoisotopic (exact) mass is 933 g/mol. The molecule has 0 spiro atoms. The van der Waals surface area contributed by atoms with E-state index in [1.54, 1.807) is 0 Å². The molecule has 378 valence electrons. The van der Waals surface area contributed by atoms with Gasteiger partial charge in [0.2, 0.25) is 0 Å². The molecule has 0 aromatic carbocycles. The van der Waals surface area contributed by atoms with E-state index in [1.165, 1.54) is 212 Å². The topological polar surface area (TPSA) is 132 Å². The second kappa shape index (κ2) is 63.2. The van der Waals surface area contributed by atoms with Gasteiger partial charge in [0.05, 0.1) is 0 Å². The molecule has 0 heterocycles. The largest absolute Gasteiger partial charge is 0.481 e. The van der Waals surface area contributed by atoms with Crippen molar-refractivity contribution in [2.45, 2.75) is 311 Å². The van der Waals surface area contributed by atoms with Gasteiger partial charge in [-0.05, 0) is 37.0 Å². The van der Waals surface area contributed by atoms with Crippen LogP contribution in [-0.2, 0) is 36.1 Å². The number of hydrogen-bond donors (Lipinski definition) is 4. The molecule has 0 aromatic rings. The Morgan fingerprint density at radius 3 is 0.476 bits per heavy atom. The molecule has 0 radical (unpaired) electrons. The predicted octanol–water partition coefficient (Wildman–Crippen LogP) is 18.2. The number of aliphatic carboxylic acids is 3. The van der Waals surface area contributed by atoms with Gasteiger partial charge in [0, 0.05) is 48.1 Å². The molecular formula is C55H112O7Ti. The number of rotatable bonds is 45. The summed E-state index contributed by atoms with van der Waals surface area (Å²) in [6.07, 6.45) is 52.0. The molecule has 0 rings (SSSR count). The molecule has 0 aromatic heterocycles. The Hall–Kier alpha value is -0.916. The Morgan fingerprint density at radius 2 is 0.365 bits per heavy atom. The number of carbonyl (C=O) groups is 3. The van der Waals surface area contributed by atoms with Crippen LogP contribution in [0, 0.1) is 17.8 Å². The first-order valence-electron chi connectivity index (χ1n) is 27.0. The van der Waals surface area contributed by atoms with Crippen LogP contribution in [0.1, 0.15) is 311 Å². The minimum atomic E-state index is -0.654. The number of unbranched alkanes of at least 4 members (excludes halogenated alkanes) is 33. The number of carboxylic acid groups (broad SMARTS) is 3. The third-order valence-electron chi connectivity index (χ3n) is 11.8. The molecule has 0 saturated heterocycles. The molecule has 0 amide bonds. The van der Waals surface area contributed by atoms with Crippen LogP contribution < -0.4 is 0 Å². The second-order valence-corrected chi connectivity index (χ2v) is 19.7. The summed E-state index contributed by atoms with van der Waals surface area (Å²) in [5.74, 6) is 0.636. The minimum Gasteiger partial charge on any atom is -0.481 e. The molecule has 8 heteroatoms. The first kappa shape index (κ1) is 71.1. The molecule has 0 aliphatic rings. The van der Waals surface area contributed by atoms with Gasteiger partial charge in [-0.1, -0.05) is 273 Å². The first-order valence-corrected chi connectivity index (χ1v) is 27.0. The summed E-state index contributed by atoms with van der Waals surface area (Å²) in [5.41, 5.74) is 0. The fraction of sp³-hybridized carbons (Fsp3) is 0.945. The zero-order valence-corrected chi connectivity index (χ0v) is 45.0. The molecule has 0 saturated carbocycles. The molecule has 63 heavy (non-hydrogen) atoms. The van der Waals surface area contributed by atoms with Crippen LogP contribution in [-0.4, -0.2) is 45.4 Å². The van der Waals surface area contributed by atoms with Crippen LogP contribution in [0.15, 0.2) is 0 Å².